The van der Waals surface area contributed by atoms with E-state index in [1.165, 1.54) is 17.5 Å². The van der Waals surface area contributed by atoms with Crippen molar-refractivity contribution in [3.8, 4) is 0 Å². The fourth-order valence-corrected chi connectivity index (χ4v) is 5.56. The normalized spacial score (nSPS) is 31.2. The van der Waals surface area contributed by atoms with Crippen molar-refractivity contribution in [2.24, 2.45) is 5.92 Å². The molecule has 0 spiro atoms. The number of benzene rings is 1. The summed E-state index contributed by atoms with van der Waals surface area (Å²) in [6.45, 7) is 7.47. The summed E-state index contributed by atoms with van der Waals surface area (Å²) >= 11 is 0. The average Bonchev–Trinajstić information content (AvgIpc) is 3.11. The predicted octanol–water partition coefficient (Wildman–Crippen LogP) is 3.69. The number of H-pyrrole nitrogens is 1. The molecule has 2 aliphatic heterocycles. The number of fused-ring (bicyclic) bond motifs is 5. The van der Waals surface area contributed by atoms with E-state index in [9.17, 15) is 4.79 Å². The zero-order valence-corrected chi connectivity index (χ0v) is 15.8. The van der Waals surface area contributed by atoms with Crippen molar-refractivity contribution in [2.45, 2.75) is 57.4 Å². The van der Waals surface area contributed by atoms with Gasteiger partial charge in [0.2, 0.25) is 0 Å². The quantitative estimate of drug-likeness (QED) is 0.786. The maximum atomic E-state index is 13.2. The fraction of sp³-hybridized carbons (Fsp3) is 0.619. The molecule has 1 N–H and O–H groups in total. The number of likely N-dealkylation sites (tertiary alicyclic amines) is 2. The van der Waals surface area contributed by atoms with Crippen LogP contribution < -0.4 is 0 Å². The Kier molecular flexibility index (Phi) is 3.56. The largest absolute Gasteiger partial charge is 0.345 e. The highest BCUT2D eigenvalue weighted by Gasteiger charge is 2.50. The molecule has 2 fully saturated rings. The van der Waals surface area contributed by atoms with Gasteiger partial charge in [0, 0.05) is 25.7 Å². The van der Waals surface area contributed by atoms with Gasteiger partial charge in [0.1, 0.15) is 0 Å². The third-order valence-electron chi connectivity index (χ3n) is 7.42. The number of piperidine rings is 2. The van der Waals surface area contributed by atoms with Gasteiger partial charge in [-0.3, -0.25) is 0 Å². The van der Waals surface area contributed by atoms with Crippen molar-refractivity contribution < 1.29 is 4.79 Å². The average molecular weight is 352 g/mol. The molecule has 3 heterocycles. The molecule has 2 bridgehead atoms. The van der Waals surface area contributed by atoms with Crippen LogP contribution in [0.3, 0.4) is 0 Å². The van der Waals surface area contributed by atoms with Crippen LogP contribution in [-0.2, 0) is 11.8 Å². The van der Waals surface area contributed by atoms with Crippen LogP contribution in [0.2, 0.25) is 0 Å². The maximum absolute atomic E-state index is 13.2. The number of nitrogens with one attached hydrogen (secondary N) is 1. The van der Waals surface area contributed by atoms with Gasteiger partial charge in [-0.15, -0.1) is 0 Å². The van der Waals surface area contributed by atoms with E-state index < -0.39 is 0 Å². The molecular weight excluding hydrogens is 324 g/mol. The van der Waals surface area contributed by atoms with Gasteiger partial charge in [0.05, 0.1) is 17.4 Å². The number of rotatable bonds is 0. The summed E-state index contributed by atoms with van der Waals surface area (Å²) in [5.41, 5.74) is 5.13. The number of hydrogen-bond acceptors (Lipinski definition) is 2. The van der Waals surface area contributed by atoms with Crippen LogP contribution in [0.15, 0.2) is 18.5 Å². The van der Waals surface area contributed by atoms with Crippen LogP contribution in [0.4, 0.5) is 4.79 Å². The van der Waals surface area contributed by atoms with Gasteiger partial charge in [0.15, 0.2) is 0 Å². The smallest absolute Gasteiger partial charge is 0.320 e. The molecule has 3 atom stereocenters. The molecule has 5 nitrogen and oxygen atoms in total. The van der Waals surface area contributed by atoms with E-state index in [1.807, 2.05) is 0 Å². The first-order valence-corrected chi connectivity index (χ1v) is 10.1. The zero-order valence-electron chi connectivity index (χ0n) is 15.8. The minimum Gasteiger partial charge on any atom is -0.345 e. The van der Waals surface area contributed by atoms with E-state index in [2.05, 4.69) is 45.7 Å². The highest BCUT2D eigenvalue weighted by atomic mass is 16.2. The minimum absolute atomic E-state index is 0.129. The second-order valence-electron chi connectivity index (χ2n) is 8.68. The van der Waals surface area contributed by atoms with Gasteiger partial charge >= 0.3 is 6.03 Å². The fourth-order valence-electron chi connectivity index (χ4n) is 5.56. The third-order valence-corrected chi connectivity index (χ3v) is 7.42. The standard InChI is InChI=1S/C21H28N4O/c1-14-19-11-15-10-17-18(23-13-22-17)12-16(15)21(14,2)6-9-25(19)20(26)24-7-4-3-5-8-24/h10,12-14,19H,3-9,11H2,1-2H3,(H,22,23)/t14-,19-,21-/m1/s1. The Morgan fingerprint density at radius 2 is 2.04 bits per heavy atom. The lowest BCUT2D eigenvalue weighted by atomic mass is 9.59. The number of amides is 2. The van der Waals surface area contributed by atoms with Crippen LogP contribution in [0.25, 0.3) is 11.0 Å². The van der Waals surface area contributed by atoms with Gasteiger partial charge in [-0.05, 0) is 66.7 Å². The Hall–Kier alpha value is -2.04. The molecule has 0 radical (unpaired) electrons. The van der Waals surface area contributed by atoms with Crippen molar-refractivity contribution in [2.75, 3.05) is 19.6 Å². The number of carbonyl (C=O) groups excluding carboxylic acids is 1. The van der Waals surface area contributed by atoms with Crippen molar-refractivity contribution >= 4 is 17.1 Å². The number of hydrogen-bond donors (Lipinski definition) is 1. The summed E-state index contributed by atoms with van der Waals surface area (Å²) in [5, 5.41) is 0. The first kappa shape index (κ1) is 16.2. The molecule has 0 saturated carbocycles. The van der Waals surface area contributed by atoms with E-state index in [0.29, 0.717) is 12.0 Å². The van der Waals surface area contributed by atoms with E-state index in [4.69, 9.17) is 0 Å². The van der Waals surface area contributed by atoms with Crippen LogP contribution in [0.5, 0.6) is 0 Å². The Bertz CT molecular complexity index is 853. The number of carbonyl (C=O) groups is 1. The predicted molar refractivity (Wildman–Crippen MR) is 102 cm³/mol. The topological polar surface area (TPSA) is 52.2 Å². The SMILES string of the molecule is C[C@@H]1[C@H]2Cc3cc4[nH]cnc4cc3[C@]1(C)CCN2C(=O)N1CCCCC1. The van der Waals surface area contributed by atoms with Gasteiger partial charge in [0.25, 0.3) is 0 Å². The van der Waals surface area contributed by atoms with Gasteiger partial charge < -0.3 is 14.8 Å². The van der Waals surface area contributed by atoms with Gasteiger partial charge in [-0.25, -0.2) is 9.78 Å². The third kappa shape index (κ3) is 2.22. The summed E-state index contributed by atoms with van der Waals surface area (Å²) in [6, 6.07) is 5.13. The molecule has 26 heavy (non-hydrogen) atoms. The lowest BCUT2D eigenvalue weighted by Crippen LogP contribution is -2.62. The Morgan fingerprint density at radius 1 is 1.23 bits per heavy atom. The van der Waals surface area contributed by atoms with Crippen LogP contribution in [-0.4, -0.2) is 51.5 Å². The molecule has 1 aliphatic carbocycles. The summed E-state index contributed by atoms with van der Waals surface area (Å²) < 4.78 is 0. The first-order valence-electron chi connectivity index (χ1n) is 10.1. The van der Waals surface area contributed by atoms with Crippen molar-refractivity contribution in [1.29, 1.82) is 0 Å². The monoisotopic (exact) mass is 352 g/mol. The molecule has 138 valence electrons. The maximum Gasteiger partial charge on any atom is 0.320 e. The Morgan fingerprint density at radius 3 is 2.85 bits per heavy atom. The van der Waals surface area contributed by atoms with Crippen LogP contribution in [0, 0.1) is 5.92 Å². The Labute approximate surface area is 154 Å². The number of imidazole rings is 1. The second-order valence-corrected chi connectivity index (χ2v) is 8.68. The zero-order chi connectivity index (χ0) is 17.9. The lowest BCUT2D eigenvalue weighted by Gasteiger charge is -2.55. The molecule has 5 heteroatoms. The molecule has 2 saturated heterocycles. The number of urea groups is 1. The van der Waals surface area contributed by atoms with Crippen LogP contribution in [0.1, 0.15) is 50.7 Å². The summed E-state index contributed by atoms with van der Waals surface area (Å²) in [4.78, 5) is 25.2. The summed E-state index contributed by atoms with van der Waals surface area (Å²) in [7, 11) is 0. The number of aromatic amines is 1. The van der Waals surface area contributed by atoms with Crippen LogP contribution >= 0.6 is 0 Å². The van der Waals surface area contributed by atoms with E-state index in [0.717, 1.165) is 56.4 Å². The molecule has 2 aromatic rings. The highest BCUT2D eigenvalue weighted by Crippen LogP contribution is 2.49. The van der Waals surface area contributed by atoms with Gasteiger partial charge in [-0.1, -0.05) is 13.8 Å². The second kappa shape index (κ2) is 5.73. The Balaban J connectivity index is 1.51. The molecule has 1 aromatic carbocycles. The lowest BCUT2D eigenvalue weighted by molar-refractivity contribution is 0.0386. The minimum atomic E-state index is 0.129. The van der Waals surface area contributed by atoms with E-state index >= 15 is 0 Å². The first-order chi connectivity index (χ1) is 12.6. The van der Waals surface area contributed by atoms with Crippen molar-refractivity contribution in [3.63, 3.8) is 0 Å². The van der Waals surface area contributed by atoms with Crippen molar-refractivity contribution in [1.82, 2.24) is 19.8 Å². The van der Waals surface area contributed by atoms with Crippen molar-refractivity contribution in [3.05, 3.63) is 29.6 Å². The highest BCUT2D eigenvalue weighted by molar-refractivity contribution is 5.78. The number of nitrogens with zero attached hydrogens (tertiary/aromatic N) is 3. The molecule has 5 rings (SSSR count). The molecule has 3 aliphatic rings. The summed E-state index contributed by atoms with van der Waals surface area (Å²) in [6.07, 6.45) is 7.33. The molecule has 2 amide bonds. The molecular formula is C21H28N4O. The van der Waals surface area contributed by atoms with E-state index in [1.54, 1.807) is 6.33 Å². The molecule has 1 aromatic heterocycles. The number of aromatic nitrogens is 2. The van der Waals surface area contributed by atoms with E-state index in [-0.39, 0.29) is 11.4 Å². The summed E-state index contributed by atoms with van der Waals surface area (Å²) in [5.74, 6) is 0.467. The molecule has 0 unspecified atom stereocenters. The van der Waals surface area contributed by atoms with Gasteiger partial charge in [-0.2, -0.15) is 0 Å².